The number of alkyl halides is 2. The van der Waals surface area contributed by atoms with Gasteiger partial charge in [-0.2, -0.15) is 8.78 Å². The third-order valence-corrected chi connectivity index (χ3v) is 1.39. The molecule has 0 aromatic rings. The van der Waals surface area contributed by atoms with E-state index in [1.54, 1.807) is 0 Å². The van der Waals surface area contributed by atoms with Crippen LogP contribution in [0.15, 0.2) is 0 Å². The maximum atomic E-state index is 12.6. The Kier molecular flexibility index (Phi) is 5.48. The van der Waals surface area contributed by atoms with Crippen molar-refractivity contribution in [3.05, 3.63) is 0 Å². The number of carbonyl (C=O) groups is 1. The largest absolute Gasteiger partial charge is 0.375 e. The average molecular weight is 196 g/mol. The fourth-order valence-electron chi connectivity index (χ4n) is 0.618. The minimum Gasteiger partial charge on any atom is -0.375 e. The van der Waals surface area contributed by atoms with E-state index in [9.17, 15) is 13.6 Å². The van der Waals surface area contributed by atoms with Crippen LogP contribution in [-0.2, 0) is 9.53 Å². The molecule has 13 heavy (non-hydrogen) atoms. The van der Waals surface area contributed by atoms with Crippen LogP contribution in [0.4, 0.5) is 8.78 Å². The quantitative estimate of drug-likeness (QED) is 0.280. The molecule has 0 aliphatic heterocycles. The van der Waals surface area contributed by atoms with Gasteiger partial charge in [0.15, 0.2) is 0 Å². The number of amides is 1. The summed E-state index contributed by atoms with van der Waals surface area (Å²) in [6, 6.07) is 0. The first kappa shape index (κ1) is 12.2. The predicted molar refractivity (Wildman–Crippen MR) is 43.0 cm³/mol. The van der Waals surface area contributed by atoms with Crippen molar-refractivity contribution in [2.24, 2.45) is 5.84 Å². The topological polar surface area (TPSA) is 64.3 Å². The molecule has 1 amide bonds. The van der Waals surface area contributed by atoms with E-state index in [4.69, 9.17) is 0 Å². The van der Waals surface area contributed by atoms with Crippen LogP contribution in [-0.4, -0.2) is 25.0 Å². The highest BCUT2D eigenvalue weighted by Crippen LogP contribution is 2.13. The van der Waals surface area contributed by atoms with Gasteiger partial charge in [0.05, 0.1) is 0 Å². The monoisotopic (exact) mass is 196 g/mol. The molecule has 0 radical (unpaired) electrons. The zero-order valence-corrected chi connectivity index (χ0v) is 7.48. The standard InChI is InChI=1S/C7H14F2N2O2/c1-2-3-4-13-5-7(8,9)6(12)11-10/h2-5,10H2,1H3,(H,11,12). The molecule has 0 aromatic heterocycles. The number of hydrogen-bond acceptors (Lipinski definition) is 3. The first-order chi connectivity index (χ1) is 6.04. The maximum Gasteiger partial charge on any atom is 0.348 e. The van der Waals surface area contributed by atoms with E-state index in [2.05, 4.69) is 10.6 Å². The number of nitrogens with two attached hydrogens (primary N) is 1. The summed E-state index contributed by atoms with van der Waals surface area (Å²) in [5.74, 6) is -0.510. The zero-order chi connectivity index (χ0) is 10.3. The summed E-state index contributed by atoms with van der Waals surface area (Å²) in [6.45, 7) is 1.22. The van der Waals surface area contributed by atoms with Crippen LogP contribution < -0.4 is 11.3 Å². The van der Waals surface area contributed by atoms with Gasteiger partial charge < -0.3 is 4.74 Å². The fraction of sp³-hybridized carbons (Fsp3) is 0.857. The van der Waals surface area contributed by atoms with Crippen molar-refractivity contribution in [1.29, 1.82) is 0 Å². The molecule has 0 unspecified atom stereocenters. The predicted octanol–water partition coefficient (Wildman–Crippen LogP) is 0.428. The molecule has 0 saturated carbocycles. The van der Waals surface area contributed by atoms with Crippen LogP contribution >= 0.6 is 0 Å². The fourth-order valence-corrected chi connectivity index (χ4v) is 0.618. The number of halogens is 2. The maximum absolute atomic E-state index is 12.6. The molecule has 0 atom stereocenters. The molecule has 0 rings (SSSR count). The summed E-state index contributed by atoms with van der Waals surface area (Å²) in [5.41, 5.74) is 1.38. The molecule has 0 fully saturated rings. The Balaban J connectivity index is 3.69. The van der Waals surface area contributed by atoms with E-state index in [0.717, 1.165) is 6.42 Å². The number of rotatable bonds is 6. The molecule has 0 spiro atoms. The molecule has 0 aliphatic carbocycles. The van der Waals surface area contributed by atoms with Crippen molar-refractivity contribution < 1.29 is 18.3 Å². The molecule has 0 bridgehead atoms. The normalized spacial score (nSPS) is 11.4. The smallest absolute Gasteiger partial charge is 0.348 e. The Morgan fingerprint density at radius 1 is 1.62 bits per heavy atom. The minimum atomic E-state index is -3.54. The van der Waals surface area contributed by atoms with Gasteiger partial charge in [-0.1, -0.05) is 13.3 Å². The van der Waals surface area contributed by atoms with Crippen LogP contribution in [0.5, 0.6) is 0 Å². The summed E-state index contributed by atoms with van der Waals surface area (Å²) in [6.07, 6.45) is 1.55. The highest BCUT2D eigenvalue weighted by molar-refractivity contribution is 5.82. The molecule has 0 aromatic carbocycles. The molecule has 0 heterocycles. The highest BCUT2D eigenvalue weighted by Gasteiger charge is 2.38. The van der Waals surface area contributed by atoms with Gasteiger partial charge >= 0.3 is 11.8 Å². The summed E-state index contributed by atoms with van der Waals surface area (Å²) in [5, 5.41) is 0. The van der Waals surface area contributed by atoms with Crippen molar-refractivity contribution in [3.8, 4) is 0 Å². The van der Waals surface area contributed by atoms with E-state index < -0.39 is 18.4 Å². The summed E-state index contributed by atoms with van der Waals surface area (Å²) in [4.78, 5) is 10.4. The summed E-state index contributed by atoms with van der Waals surface area (Å²) >= 11 is 0. The Hall–Kier alpha value is -0.750. The van der Waals surface area contributed by atoms with E-state index in [1.165, 1.54) is 5.43 Å². The lowest BCUT2D eigenvalue weighted by Crippen LogP contribution is -2.46. The van der Waals surface area contributed by atoms with Crippen molar-refractivity contribution in [2.45, 2.75) is 25.7 Å². The number of nitrogens with one attached hydrogen (secondary N) is 1. The van der Waals surface area contributed by atoms with Gasteiger partial charge in [0.25, 0.3) is 0 Å². The van der Waals surface area contributed by atoms with Gasteiger partial charge in [-0.05, 0) is 6.42 Å². The van der Waals surface area contributed by atoms with Crippen molar-refractivity contribution in [2.75, 3.05) is 13.2 Å². The lowest BCUT2D eigenvalue weighted by molar-refractivity contribution is -0.154. The van der Waals surface area contributed by atoms with Gasteiger partial charge in [0.1, 0.15) is 6.61 Å². The Morgan fingerprint density at radius 2 is 2.23 bits per heavy atom. The first-order valence-corrected chi connectivity index (χ1v) is 4.01. The second-order valence-electron chi connectivity index (χ2n) is 2.58. The summed E-state index contributed by atoms with van der Waals surface area (Å²) < 4.78 is 29.9. The molecule has 6 heteroatoms. The molecule has 0 saturated heterocycles. The Morgan fingerprint density at radius 3 is 2.69 bits per heavy atom. The van der Waals surface area contributed by atoms with Crippen LogP contribution in [0.2, 0.25) is 0 Å². The first-order valence-electron chi connectivity index (χ1n) is 4.01. The van der Waals surface area contributed by atoms with E-state index in [0.29, 0.717) is 6.42 Å². The molecule has 3 N–H and O–H groups in total. The van der Waals surface area contributed by atoms with Crippen molar-refractivity contribution in [1.82, 2.24) is 5.43 Å². The SMILES string of the molecule is CCCCOCC(F)(F)C(=O)NN. The van der Waals surface area contributed by atoms with Crippen LogP contribution in [0.25, 0.3) is 0 Å². The number of hydrazine groups is 1. The lowest BCUT2D eigenvalue weighted by Gasteiger charge is -2.13. The second kappa shape index (κ2) is 5.82. The Bertz CT molecular complexity index is 165. The van der Waals surface area contributed by atoms with Crippen LogP contribution in [0.1, 0.15) is 19.8 Å². The molecule has 4 nitrogen and oxygen atoms in total. The average Bonchev–Trinajstić information content (AvgIpc) is 2.11. The van der Waals surface area contributed by atoms with Gasteiger partial charge in [0.2, 0.25) is 0 Å². The van der Waals surface area contributed by atoms with Gasteiger partial charge in [-0.3, -0.25) is 10.2 Å². The molecular formula is C7H14F2N2O2. The van der Waals surface area contributed by atoms with Gasteiger partial charge in [0, 0.05) is 6.61 Å². The molecule has 0 aliphatic rings. The van der Waals surface area contributed by atoms with Gasteiger partial charge in [-0.15, -0.1) is 0 Å². The third kappa shape index (κ3) is 4.74. The van der Waals surface area contributed by atoms with Crippen LogP contribution in [0.3, 0.4) is 0 Å². The lowest BCUT2D eigenvalue weighted by atomic mass is 10.3. The summed E-state index contributed by atoms with van der Waals surface area (Å²) in [7, 11) is 0. The number of carbonyl (C=O) groups excluding carboxylic acids is 1. The van der Waals surface area contributed by atoms with Gasteiger partial charge in [-0.25, -0.2) is 5.84 Å². The zero-order valence-electron chi connectivity index (χ0n) is 7.48. The Labute approximate surface area is 75.4 Å². The van der Waals surface area contributed by atoms with Crippen LogP contribution in [0, 0.1) is 0 Å². The third-order valence-electron chi connectivity index (χ3n) is 1.39. The number of ether oxygens (including phenoxy) is 1. The minimum absolute atomic E-state index is 0.226. The van der Waals surface area contributed by atoms with Crippen molar-refractivity contribution in [3.63, 3.8) is 0 Å². The van der Waals surface area contributed by atoms with Crippen molar-refractivity contribution >= 4 is 5.91 Å². The number of unbranched alkanes of at least 4 members (excludes halogenated alkanes) is 1. The number of hydrogen-bond donors (Lipinski definition) is 2. The van der Waals surface area contributed by atoms with E-state index >= 15 is 0 Å². The highest BCUT2D eigenvalue weighted by atomic mass is 19.3. The van der Waals surface area contributed by atoms with E-state index in [1.807, 2.05) is 6.92 Å². The molecular weight excluding hydrogens is 182 g/mol. The molecule has 78 valence electrons. The second-order valence-corrected chi connectivity index (χ2v) is 2.58. The van der Waals surface area contributed by atoms with E-state index in [-0.39, 0.29) is 6.61 Å².